The zero-order valence-corrected chi connectivity index (χ0v) is 24.8. The summed E-state index contributed by atoms with van der Waals surface area (Å²) in [5.74, 6) is 1.69. The fraction of sp³-hybridized carbons (Fsp3) is 0.581. The highest BCUT2D eigenvalue weighted by molar-refractivity contribution is 7.19. The number of carbonyl (C=O) groups is 1. The molecule has 8 nitrogen and oxygen atoms in total. The lowest BCUT2D eigenvalue weighted by Crippen LogP contribution is -2.79. The van der Waals surface area contributed by atoms with E-state index in [1.807, 2.05) is 15.9 Å². The molecule has 3 N–H and O–H groups in total. The Kier molecular flexibility index (Phi) is 5.11. The summed E-state index contributed by atoms with van der Waals surface area (Å²) in [4.78, 5) is 26.3. The van der Waals surface area contributed by atoms with Crippen molar-refractivity contribution in [2.75, 3.05) is 13.1 Å². The van der Waals surface area contributed by atoms with E-state index in [0.29, 0.717) is 30.3 Å². The smallest absolute Gasteiger partial charge is 0.234 e. The normalized spacial score (nSPS) is 30.9. The molecule has 1 amide bonds. The van der Waals surface area contributed by atoms with Crippen LogP contribution in [0.1, 0.15) is 84.9 Å². The van der Waals surface area contributed by atoms with Crippen LogP contribution in [0.5, 0.6) is 0 Å². The minimum Gasteiger partial charge on any atom is -0.390 e. The molecule has 4 aromatic heterocycles. The number of aryl methyl sites for hydroxylation is 2. The number of fused-ring (bicyclic) bond motifs is 4. The van der Waals surface area contributed by atoms with Gasteiger partial charge in [-0.1, -0.05) is 13.8 Å². The summed E-state index contributed by atoms with van der Waals surface area (Å²) in [5.41, 5.74) is 8.00. The van der Waals surface area contributed by atoms with Crippen LogP contribution in [-0.2, 0) is 4.79 Å². The maximum Gasteiger partial charge on any atom is 0.234 e. The van der Waals surface area contributed by atoms with Crippen molar-refractivity contribution in [3.05, 3.63) is 39.7 Å². The lowest BCUT2D eigenvalue weighted by molar-refractivity contribution is -0.220. The first-order chi connectivity index (χ1) is 19.0. The van der Waals surface area contributed by atoms with Gasteiger partial charge >= 0.3 is 0 Å². The average molecular weight is 559 g/mol. The first-order valence-corrected chi connectivity index (χ1v) is 15.6. The van der Waals surface area contributed by atoms with Gasteiger partial charge in [0.15, 0.2) is 5.65 Å². The minimum atomic E-state index is -0.477. The second-order valence-corrected chi connectivity index (χ2v) is 14.7. The van der Waals surface area contributed by atoms with E-state index in [1.54, 1.807) is 6.33 Å². The highest BCUT2D eigenvalue weighted by atomic mass is 32.1. The predicted molar refractivity (Wildman–Crippen MR) is 157 cm³/mol. The SMILES string of the molecule is Cc1c(-c2[nH]c3sc([C@@H]4CC5C[C@@H]4CN5CC(=O)NC45CC(O)(C4)C5)c(C)c3c2C(C)C)cn2ncnc2c1C. The van der Waals surface area contributed by atoms with Crippen molar-refractivity contribution in [1.29, 1.82) is 0 Å². The molecule has 210 valence electrons. The Bertz CT molecular complexity index is 1690. The third kappa shape index (κ3) is 3.40. The summed E-state index contributed by atoms with van der Waals surface area (Å²) in [6.45, 7) is 12.7. The van der Waals surface area contributed by atoms with Gasteiger partial charge in [0.2, 0.25) is 5.91 Å². The summed E-state index contributed by atoms with van der Waals surface area (Å²) >= 11 is 1.95. The zero-order chi connectivity index (χ0) is 27.7. The third-order valence-electron chi connectivity index (χ3n) is 10.7. The molecular formula is C31H38N6O2S. The van der Waals surface area contributed by atoms with Crippen LogP contribution in [-0.4, -0.2) is 65.8 Å². The molecule has 4 bridgehead atoms. The number of aliphatic hydroxyl groups is 1. The fourth-order valence-corrected chi connectivity index (χ4v) is 10.2. The minimum absolute atomic E-state index is 0.104. The van der Waals surface area contributed by atoms with Gasteiger partial charge in [0.25, 0.3) is 0 Å². The Labute approximate surface area is 238 Å². The summed E-state index contributed by atoms with van der Waals surface area (Å²) in [5, 5.41) is 19.1. The maximum absolute atomic E-state index is 12.8. The number of piperidine rings is 1. The van der Waals surface area contributed by atoms with E-state index < -0.39 is 5.60 Å². The number of amides is 1. The largest absolute Gasteiger partial charge is 0.390 e. The zero-order valence-electron chi connectivity index (χ0n) is 24.0. The summed E-state index contributed by atoms with van der Waals surface area (Å²) in [6, 6.07) is 0.484. The topological polar surface area (TPSA) is 98.5 Å². The van der Waals surface area contributed by atoms with Crippen LogP contribution in [0.3, 0.4) is 0 Å². The molecule has 5 fully saturated rings. The molecule has 1 saturated heterocycles. The lowest BCUT2D eigenvalue weighted by Gasteiger charge is -2.67. The van der Waals surface area contributed by atoms with Crippen LogP contribution in [0, 0.1) is 26.7 Å². The molecule has 5 aliphatic rings. The molecule has 5 heterocycles. The summed E-state index contributed by atoms with van der Waals surface area (Å²) < 4.78 is 1.90. The summed E-state index contributed by atoms with van der Waals surface area (Å²) in [6.07, 6.45) is 8.28. The van der Waals surface area contributed by atoms with Crippen molar-refractivity contribution in [2.45, 2.75) is 95.7 Å². The van der Waals surface area contributed by atoms with E-state index >= 15 is 0 Å². The second kappa shape index (κ2) is 8.17. The number of hydrogen-bond donors (Lipinski definition) is 3. The molecule has 3 atom stereocenters. The molecular weight excluding hydrogens is 520 g/mol. The van der Waals surface area contributed by atoms with Crippen LogP contribution >= 0.6 is 11.3 Å². The molecule has 4 aliphatic carbocycles. The number of hydrogen-bond acceptors (Lipinski definition) is 6. The molecule has 40 heavy (non-hydrogen) atoms. The van der Waals surface area contributed by atoms with Gasteiger partial charge in [-0.25, -0.2) is 9.50 Å². The number of carbonyl (C=O) groups excluding carboxylic acids is 1. The molecule has 1 aliphatic heterocycles. The molecule has 9 heteroatoms. The van der Waals surface area contributed by atoms with Gasteiger partial charge < -0.3 is 15.4 Å². The number of aromatic amines is 1. The van der Waals surface area contributed by atoms with E-state index in [1.165, 1.54) is 55.0 Å². The molecule has 9 rings (SSSR count). The highest BCUT2D eigenvalue weighted by Crippen LogP contribution is 2.60. The van der Waals surface area contributed by atoms with E-state index in [9.17, 15) is 9.90 Å². The number of pyridine rings is 1. The van der Waals surface area contributed by atoms with Gasteiger partial charge in [0.1, 0.15) is 11.2 Å². The van der Waals surface area contributed by atoms with Gasteiger partial charge in [0.05, 0.1) is 17.8 Å². The van der Waals surface area contributed by atoms with Crippen molar-refractivity contribution in [3.63, 3.8) is 0 Å². The first kappa shape index (κ1) is 25.0. The van der Waals surface area contributed by atoms with E-state index in [-0.39, 0.29) is 11.4 Å². The predicted octanol–water partition coefficient (Wildman–Crippen LogP) is 4.95. The van der Waals surface area contributed by atoms with Crippen molar-refractivity contribution < 1.29 is 9.90 Å². The van der Waals surface area contributed by atoms with Crippen LogP contribution < -0.4 is 5.32 Å². The number of likely N-dealkylation sites (tertiary alicyclic amines) is 1. The quantitative estimate of drug-likeness (QED) is 0.311. The van der Waals surface area contributed by atoms with E-state index in [0.717, 1.165) is 37.9 Å². The van der Waals surface area contributed by atoms with Gasteiger partial charge in [-0.05, 0) is 92.9 Å². The summed E-state index contributed by atoms with van der Waals surface area (Å²) in [7, 11) is 0. The average Bonchev–Trinajstić information content (AvgIpc) is 3.66. The van der Waals surface area contributed by atoms with Crippen LogP contribution in [0.15, 0.2) is 12.5 Å². The van der Waals surface area contributed by atoms with Crippen molar-refractivity contribution in [2.24, 2.45) is 5.92 Å². The molecule has 4 aromatic rings. The number of nitrogens with one attached hydrogen (secondary N) is 2. The number of aromatic nitrogens is 4. The Morgan fingerprint density at radius 2 is 1.98 bits per heavy atom. The molecule has 0 spiro atoms. The van der Waals surface area contributed by atoms with Gasteiger partial charge in [-0.2, -0.15) is 5.10 Å². The van der Waals surface area contributed by atoms with Crippen LogP contribution in [0.2, 0.25) is 0 Å². The molecule has 4 saturated carbocycles. The van der Waals surface area contributed by atoms with Gasteiger partial charge in [-0.15, -0.1) is 11.3 Å². The van der Waals surface area contributed by atoms with Crippen LogP contribution in [0.4, 0.5) is 0 Å². The lowest BCUT2D eigenvalue weighted by atomic mass is 9.46. The number of rotatable bonds is 6. The van der Waals surface area contributed by atoms with Crippen LogP contribution in [0.25, 0.3) is 27.1 Å². The van der Waals surface area contributed by atoms with E-state index in [2.05, 4.69) is 66.1 Å². The Balaban J connectivity index is 1.06. The van der Waals surface area contributed by atoms with Gasteiger partial charge in [-0.3, -0.25) is 9.69 Å². The molecule has 0 aromatic carbocycles. The second-order valence-electron chi connectivity index (χ2n) is 13.7. The standard InChI is InChI=1S/C31H38N6O2S/c1-15(2)24-25-18(5)27(40-29(25)34-26(24)22-9-37-28(32-14-33-37)17(4)16(22)3)21-7-20-6-19(21)8-36(20)10-23(38)35-30-11-31(39,12-30)13-30/h9,14-15,19-21,34,39H,6-8,10-13H2,1-5H3,(H,35,38)/t19-,20?,21-,30?,31?/m1/s1. The van der Waals surface area contributed by atoms with Crippen molar-refractivity contribution >= 4 is 33.1 Å². The Morgan fingerprint density at radius 3 is 2.65 bits per heavy atom. The molecule has 1 unspecified atom stereocenters. The fourth-order valence-electron chi connectivity index (χ4n) is 8.79. The first-order valence-electron chi connectivity index (χ1n) is 14.8. The van der Waals surface area contributed by atoms with Gasteiger partial charge in [0, 0.05) is 40.1 Å². The van der Waals surface area contributed by atoms with E-state index in [4.69, 9.17) is 0 Å². The number of thiophene rings is 1. The van der Waals surface area contributed by atoms with Crippen molar-refractivity contribution in [1.82, 2.24) is 29.8 Å². The highest BCUT2D eigenvalue weighted by Gasteiger charge is 2.68. The monoisotopic (exact) mass is 558 g/mol. The van der Waals surface area contributed by atoms with Crippen molar-refractivity contribution in [3.8, 4) is 11.3 Å². The number of nitrogens with zero attached hydrogens (tertiary/aromatic N) is 4. The molecule has 0 radical (unpaired) electrons. The third-order valence-corrected chi connectivity index (χ3v) is 12.0. The Morgan fingerprint density at radius 1 is 1.20 bits per heavy atom. The number of H-pyrrole nitrogens is 1. The Hall–Kier alpha value is -2.75. The maximum atomic E-state index is 12.8.